The molecule has 0 radical (unpaired) electrons. The molecule has 1 unspecified atom stereocenters. The average Bonchev–Trinajstić information content (AvgIpc) is 2.53. The number of carbonyl (C=O) groups excluding carboxylic acids is 1. The molecule has 0 aliphatic carbocycles. The van der Waals surface area contributed by atoms with Crippen molar-refractivity contribution in [1.82, 2.24) is 10.2 Å². The van der Waals surface area contributed by atoms with Crippen molar-refractivity contribution in [3.63, 3.8) is 0 Å². The van der Waals surface area contributed by atoms with E-state index >= 15 is 0 Å². The van der Waals surface area contributed by atoms with Crippen molar-refractivity contribution in [2.45, 2.75) is 33.0 Å². The first-order chi connectivity index (χ1) is 11.0. The Bertz CT molecular complexity index is 655. The van der Waals surface area contributed by atoms with Crippen molar-refractivity contribution >= 4 is 17.5 Å². The number of aryl methyl sites for hydroxylation is 1. The summed E-state index contributed by atoms with van der Waals surface area (Å²) >= 11 is 6.00. The molecule has 2 aromatic rings. The predicted molar refractivity (Wildman–Crippen MR) is 95.4 cm³/mol. The molecule has 0 bridgehead atoms. The van der Waals surface area contributed by atoms with E-state index in [9.17, 15) is 4.79 Å². The van der Waals surface area contributed by atoms with E-state index in [0.29, 0.717) is 18.1 Å². The molecular weight excluding hydrogens is 308 g/mol. The molecule has 0 aliphatic heterocycles. The van der Waals surface area contributed by atoms with Gasteiger partial charge in [0, 0.05) is 18.1 Å². The molecule has 1 amide bonds. The summed E-state index contributed by atoms with van der Waals surface area (Å²) in [5, 5.41) is 3.70. The predicted octanol–water partition coefficient (Wildman–Crippen LogP) is 3.79. The lowest BCUT2D eigenvalue weighted by atomic mass is 10.1. The van der Waals surface area contributed by atoms with Gasteiger partial charge in [-0.1, -0.05) is 53.6 Å². The van der Waals surface area contributed by atoms with Crippen molar-refractivity contribution < 1.29 is 4.79 Å². The highest BCUT2D eigenvalue weighted by Gasteiger charge is 2.17. The van der Waals surface area contributed by atoms with E-state index in [1.165, 1.54) is 5.56 Å². The summed E-state index contributed by atoms with van der Waals surface area (Å²) in [7, 11) is 1.94. The van der Waals surface area contributed by atoms with E-state index in [4.69, 9.17) is 11.6 Å². The Kier molecular flexibility index (Phi) is 6.20. The van der Waals surface area contributed by atoms with Crippen molar-refractivity contribution in [2.24, 2.45) is 0 Å². The van der Waals surface area contributed by atoms with Crippen molar-refractivity contribution in [3.8, 4) is 0 Å². The fourth-order valence-electron chi connectivity index (χ4n) is 2.30. The largest absolute Gasteiger partial charge is 0.351 e. The summed E-state index contributed by atoms with van der Waals surface area (Å²) in [6.45, 7) is 5.19. The van der Waals surface area contributed by atoms with Crippen molar-refractivity contribution in [2.75, 3.05) is 7.05 Å². The molecule has 0 aromatic heterocycles. The first-order valence-corrected chi connectivity index (χ1v) is 8.11. The molecule has 1 atom stereocenters. The second kappa shape index (κ2) is 8.14. The van der Waals surface area contributed by atoms with Crippen molar-refractivity contribution in [1.29, 1.82) is 0 Å². The first-order valence-electron chi connectivity index (χ1n) is 7.73. The van der Waals surface area contributed by atoms with Crippen LogP contribution in [0.5, 0.6) is 0 Å². The van der Waals surface area contributed by atoms with Gasteiger partial charge in [-0.2, -0.15) is 0 Å². The highest BCUT2D eigenvalue weighted by atomic mass is 35.5. The molecule has 0 heterocycles. The molecule has 122 valence electrons. The van der Waals surface area contributed by atoms with Crippen LogP contribution < -0.4 is 5.32 Å². The average molecular weight is 331 g/mol. The first kappa shape index (κ1) is 17.5. The van der Waals surface area contributed by atoms with Gasteiger partial charge in [0.1, 0.15) is 0 Å². The Labute approximate surface area is 143 Å². The van der Waals surface area contributed by atoms with Gasteiger partial charge in [0.15, 0.2) is 0 Å². The van der Waals surface area contributed by atoms with Crippen LogP contribution in [0.4, 0.5) is 0 Å². The fraction of sp³-hybridized carbons (Fsp3) is 0.316. The number of nitrogens with zero attached hydrogens (tertiary/aromatic N) is 1. The minimum atomic E-state index is -0.209. The number of nitrogens with one attached hydrogen (secondary N) is 1. The lowest BCUT2D eigenvalue weighted by molar-refractivity contribution is -0.125. The SMILES string of the molecule is Cc1ccc(CNC(=O)C(C)N(C)Cc2cccc(Cl)c2)cc1. The summed E-state index contributed by atoms with van der Waals surface area (Å²) in [5.74, 6) is 0.0232. The van der Waals surface area contributed by atoms with E-state index in [-0.39, 0.29) is 11.9 Å². The molecule has 2 rings (SSSR count). The normalized spacial score (nSPS) is 12.2. The highest BCUT2D eigenvalue weighted by Crippen LogP contribution is 2.13. The van der Waals surface area contributed by atoms with Crippen LogP contribution in [0.3, 0.4) is 0 Å². The molecule has 0 saturated carbocycles. The van der Waals surface area contributed by atoms with Crippen LogP contribution >= 0.6 is 11.6 Å². The van der Waals surface area contributed by atoms with Crippen molar-refractivity contribution in [3.05, 3.63) is 70.2 Å². The number of rotatable bonds is 6. The van der Waals surface area contributed by atoms with E-state index in [1.807, 2.05) is 55.3 Å². The van der Waals surface area contributed by atoms with Gasteiger partial charge in [0.2, 0.25) is 5.91 Å². The Balaban J connectivity index is 1.87. The molecule has 1 N–H and O–H groups in total. The lowest BCUT2D eigenvalue weighted by Crippen LogP contribution is -2.42. The Morgan fingerprint density at radius 1 is 1.17 bits per heavy atom. The molecule has 0 spiro atoms. The number of hydrogen-bond donors (Lipinski definition) is 1. The van der Waals surface area contributed by atoms with Gasteiger partial charge in [0.25, 0.3) is 0 Å². The third-order valence-electron chi connectivity index (χ3n) is 3.95. The monoisotopic (exact) mass is 330 g/mol. The molecule has 0 aliphatic rings. The van der Waals surface area contributed by atoms with Crippen LogP contribution in [-0.4, -0.2) is 23.9 Å². The van der Waals surface area contributed by atoms with E-state index < -0.39 is 0 Å². The summed E-state index contributed by atoms with van der Waals surface area (Å²) in [6, 6.07) is 15.7. The lowest BCUT2D eigenvalue weighted by Gasteiger charge is -2.24. The fourth-order valence-corrected chi connectivity index (χ4v) is 2.52. The summed E-state index contributed by atoms with van der Waals surface area (Å²) in [6.07, 6.45) is 0. The van der Waals surface area contributed by atoms with Crippen LogP contribution in [0.1, 0.15) is 23.6 Å². The molecule has 2 aromatic carbocycles. The van der Waals surface area contributed by atoms with Crippen LogP contribution in [-0.2, 0) is 17.9 Å². The van der Waals surface area contributed by atoms with Gasteiger partial charge < -0.3 is 5.32 Å². The maximum Gasteiger partial charge on any atom is 0.237 e. The zero-order valence-corrected chi connectivity index (χ0v) is 14.6. The Morgan fingerprint density at radius 3 is 2.52 bits per heavy atom. The number of halogens is 1. The summed E-state index contributed by atoms with van der Waals surface area (Å²) < 4.78 is 0. The minimum Gasteiger partial charge on any atom is -0.351 e. The zero-order valence-electron chi connectivity index (χ0n) is 13.8. The smallest absolute Gasteiger partial charge is 0.237 e. The molecule has 4 heteroatoms. The van der Waals surface area contributed by atoms with Gasteiger partial charge in [-0.05, 0) is 44.2 Å². The van der Waals surface area contributed by atoms with E-state index in [1.54, 1.807) is 0 Å². The van der Waals surface area contributed by atoms with Crippen LogP contribution in [0.15, 0.2) is 48.5 Å². The number of carbonyl (C=O) groups is 1. The van der Waals surface area contributed by atoms with Gasteiger partial charge in [0.05, 0.1) is 6.04 Å². The molecule has 23 heavy (non-hydrogen) atoms. The van der Waals surface area contributed by atoms with E-state index in [0.717, 1.165) is 11.1 Å². The van der Waals surface area contributed by atoms with Crippen LogP contribution in [0.2, 0.25) is 5.02 Å². The third-order valence-corrected chi connectivity index (χ3v) is 4.18. The number of amides is 1. The maximum atomic E-state index is 12.3. The molecule has 0 saturated heterocycles. The Hall–Kier alpha value is -1.84. The summed E-state index contributed by atoms with van der Waals surface area (Å²) in [5.41, 5.74) is 3.42. The van der Waals surface area contributed by atoms with Gasteiger partial charge >= 0.3 is 0 Å². The molecule has 3 nitrogen and oxygen atoms in total. The summed E-state index contributed by atoms with van der Waals surface area (Å²) in [4.78, 5) is 14.3. The molecule has 0 fully saturated rings. The van der Waals surface area contributed by atoms with Crippen LogP contribution in [0, 0.1) is 6.92 Å². The number of benzene rings is 2. The van der Waals surface area contributed by atoms with E-state index in [2.05, 4.69) is 24.4 Å². The van der Waals surface area contributed by atoms with Gasteiger partial charge in [-0.25, -0.2) is 0 Å². The third kappa shape index (κ3) is 5.38. The standard InChI is InChI=1S/C19H23ClN2O/c1-14-7-9-16(10-8-14)12-21-19(23)15(2)22(3)13-17-5-4-6-18(20)11-17/h4-11,15H,12-13H2,1-3H3,(H,21,23). The Morgan fingerprint density at radius 2 is 1.87 bits per heavy atom. The highest BCUT2D eigenvalue weighted by molar-refractivity contribution is 6.30. The van der Waals surface area contributed by atoms with Gasteiger partial charge in [-0.3, -0.25) is 9.69 Å². The minimum absolute atomic E-state index is 0.0232. The van der Waals surface area contributed by atoms with Gasteiger partial charge in [-0.15, -0.1) is 0 Å². The molecular formula is C19H23ClN2O. The van der Waals surface area contributed by atoms with Crippen LogP contribution in [0.25, 0.3) is 0 Å². The zero-order chi connectivity index (χ0) is 16.8. The topological polar surface area (TPSA) is 32.3 Å². The maximum absolute atomic E-state index is 12.3. The number of likely N-dealkylation sites (N-methyl/N-ethyl adjacent to an activating group) is 1. The second-order valence-electron chi connectivity index (χ2n) is 5.92. The number of hydrogen-bond acceptors (Lipinski definition) is 2. The quantitative estimate of drug-likeness (QED) is 0.874. The second-order valence-corrected chi connectivity index (χ2v) is 6.36.